The SMILES string of the molecule is COc1cc(C=C2C(C)=C(CC(=O)NCc3cnc[nH]3)c3cc(F)ccc32)cc(OC)c1B(O)O. The van der Waals surface area contributed by atoms with Gasteiger partial charge in [-0.2, -0.15) is 0 Å². The van der Waals surface area contributed by atoms with Gasteiger partial charge in [-0.3, -0.25) is 4.79 Å². The molecular weight excluding hydrogens is 452 g/mol. The maximum atomic E-state index is 14.2. The summed E-state index contributed by atoms with van der Waals surface area (Å²) in [4.78, 5) is 19.6. The van der Waals surface area contributed by atoms with E-state index in [1.807, 2.05) is 13.0 Å². The quantitative estimate of drug-likeness (QED) is 0.370. The van der Waals surface area contributed by atoms with Crippen LogP contribution in [0.1, 0.15) is 35.7 Å². The Morgan fingerprint density at radius 2 is 1.89 bits per heavy atom. The van der Waals surface area contributed by atoms with Crippen LogP contribution in [-0.4, -0.2) is 47.3 Å². The standard InChI is InChI=1S/C25H25BFN3O5/c1-14-19(6-15-7-22(34-2)25(26(32)33)23(8-15)35-3)18-5-4-16(27)9-21(18)20(14)10-24(31)29-12-17-11-28-13-30-17/h4-9,11,13,32-33H,10,12H2,1-3H3,(H,28,30)(H,29,31). The number of allylic oxidation sites excluding steroid dienone is 2. The summed E-state index contributed by atoms with van der Waals surface area (Å²) in [5.41, 5.74) is 5.42. The van der Waals surface area contributed by atoms with E-state index in [0.29, 0.717) is 17.7 Å². The summed E-state index contributed by atoms with van der Waals surface area (Å²) in [5, 5.41) is 22.3. The zero-order valence-electron chi connectivity index (χ0n) is 19.6. The van der Waals surface area contributed by atoms with Gasteiger partial charge in [0, 0.05) is 6.20 Å². The summed E-state index contributed by atoms with van der Waals surface area (Å²) in [6.45, 7) is 2.20. The van der Waals surface area contributed by atoms with Crippen LogP contribution in [-0.2, 0) is 11.3 Å². The van der Waals surface area contributed by atoms with Crippen LogP contribution in [0.3, 0.4) is 0 Å². The van der Waals surface area contributed by atoms with Crippen molar-refractivity contribution in [3.05, 3.63) is 76.6 Å². The van der Waals surface area contributed by atoms with Gasteiger partial charge in [-0.25, -0.2) is 9.37 Å². The largest absolute Gasteiger partial charge is 0.497 e. The van der Waals surface area contributed by atoms with Gasteiger partial charge in [0.05, 0.1) is 44.7 Å². The highest BCUT2D eigenvalue weighted by atomic mass is 19.1. The number of halogens is 1. The molecule has 0 saturated heterocycles. The maximum Gasteiger partial charge on any atom is 0.496 e. The molecule has 0 radical (unpaired) electrons. The fourth-order valence-electron chi connectivity index (χ4n) is 4.24. The average Bonchev–Trinajstić information content (AvgIpc) is 3.44. The van der Waals surface area contributed by atoms with E-state index in [4.69, 9.17) is 9.47 Å². The number of methoxy groups -OCH3 is 2. The highest BCUT2D eigenvalue weighted by Crippen LogP contribution is 2.44. The number of hydrogen-bond acceptors (Lipinski definition) is 6. The number of benzene rings is 2. The summed E-state index contributed by atoms with van der Waals surface area (Å²) in [6, 6.07) is 7.83. The molecule has 1 amide bonds. The molecule has 1 aliphatic carbocycles. The number of ether oxygens (including phenoxy) is 2. The van der Waals surface area contributed by atoms with Crippen LogP contribution in [0.5, 0.6) is 11.5 Å². The maximum absolute atomic E-state index is 14.2. The number of fused-ring (bicyclic) bond motifs is 1. The van der Waals surface area contributed by atoms with Gasteiger partial charge < -0.3 is 29.8 Å². The summed E-state index contributed by atoms with van der Waals surface area (Å²) >= 11 is 0. The van der Waals surface area contributed by atoms with Gasteiger partial charge in [-0.15, -0.1) is 0 Å². The molecule has 0 fully saturated rings. The Bertz CT molecular complexity index is 1290. The van der Waals surface area contributed by atoms with Crippen molar-refractivity contribution in [3.63, 3.8) is 0 Å². The molecule has 1 aromatic heterocycles. The molecule has 8 nitrogen and oxygen atoms in total. The number of amides is 1. The number of nitrogens with zero attached hydrogens (tertiary/aromatic N) is 1. The molecule has 4 rings (SSSR count). The average molecular weight is 477 g/mol. The third kappa shape index (κ3) is 4.98. The van der Waals surface area contributed by atoms with E-state index in [-0.39, 0.29) is 29.3 Å². The normalized spacial score (nSPS) is 13.7. The number of aromatic nitrogens is 2. The molecule has 0 bridgehead atoms. The number of H-pyrrole nitrogens is 1. The molecule has 1 heterocycles. The number of carbonyl (C=O) groups is 1. The monoisotopic (exact) mass is 477 g/mol. The molecule has 35 heavy (non-hydrogen) atoms. The second-order valence-corrected chi connectivity index (χ2v) is 8.09. The molecule has 0 aliphatic heterocycles. The molecule has 0 saturated carbocycles. The van der Waals surface area contributed by atoms with E-state index in [9.17, 15) is 19.2 Å². The van der Waals surface area contributed by atoms with Gasteiger partial charge in [-0.05, 0) is 70.7 Å². The lowest BCUT2D eigenvalue weighted by Crippen LogP contribution is -2.32. The molecule has 2 aromatic carbocycles. The van der Waals surface area contributed by atoms with Gasteiger partial charge in [0.15, 0.2) is 0 Å². The van der Waals surface area contributed by atoms with Crippen LogP contribution in [0.2, 0.25) is 0 Å². The summed E-state index contributed by atoms with van der Waals surface area (Å²) in [5.74, 6) is -0.0834. The van der Waals surface area contributed by atoms with Crippen molar-refractivity contribution >= 4 is 35.7 Å². The van der Waals surface area contributed by atoms with E-state index >= 15 is 0 Å². The third-order valence-corrected chi connectivity index (χ3v) is 5.96. The molecule has 3 aromatic rings. The number of rotatable bonds is 8. The van der Waals surface area contributed by atoms with Crippen molar-refractivity contribution < 1.29 is 28.7 Å². The minimum Gasteiger partial charge on any atom is -0.497 e. The van der Waals surface area contributed by atoms with Crippen molar-refractivity contribution in [2.24, 2.45) is 0 Å². The predicted molar refractivity (Wildman–Crippen MR) is 131 cm³/mol. The molecule has 4 N–H and O–H groups in total. The van der Waals surface area contributed by atoms with Crippen LogP contribution in [0.25, 0.3) is 17.2 Å². The van der Waals surface area contributed by atoms with E-state index in [1.165, 1.54) is 26.4 Å². The van der Waals surface area contributed by atoms with Gasteiger partial charge in [0.1, 0.15) is 17.3 Å². The molecule has 0 unspecified atom stereocenters. The number of hydrogen-bond donors (Lipinski definition) is 4. The van der Waals surface area contributed by atoms with Gasteiger partial charge >= 0.3 is 7.12 Å². The predicted octanol–water partition coefficient (Wildman–Crippen LogP) is 2.28. The summed E-state index contributed by atoms with van der Waals surface area (Å²) in [7, 11) is 1.08. The Kier molecular flexibility index (Phi) is 7.04. The topological polar surface area (TPSA) is 117 Å². The lowest BCUT2D eigenvalue weighted by atomic mass is 9.78. The Labute approximate surface area is 202 Å². The van der Waals surface area contributed by atoms with Crippen molar-refractivity contribution in [2.75, 3.05) is 14.2 Å². The molecule has 180 valence electrons. The molecular formula is C25H25BFN3O5. The van der Waals surface area contributed by atoms with E-state index in [0.717, 1.165) is 28.0 Å². The highest BCUT2D eigenvalue weighted by molar-refractivity contribution is 6.61. The van der Waals surface area contributed by atoms with Crippen molar-refractivity contribution in [2.45, 2.75) is 19.9 Å². The van der Waals surface area contributed by atoms with Crippen LogP contribution < -0.4 is 20.3 Å². The Hall–Kier alpha value is -3.89. The third-order valence-electron chi connectivity index (χ3n) is 5.96. The van der Waals surface area contributed by atoms with Gasteiger partial charge in [-0.1, -0.05) is 6.07 Å². The first-order chi connectivity index (χ1) is 16.8. The Balaban J connectivity index is 1.72. The molecule has 1 aliphatic rings. The fraction of sp³-hybridized carbons (Fsp3) is 0.200. The van der Waals surface area contributed by atoms with Gasteiger partial charge in [0.25, 0.3) is 0 Å². The highest BCUT2D eigenvalue weighted by Gasteiger charge is 2.27. The molecule has 0 spiro atoms. The summed E-state index contributed by atoms with van der Waals surface area (Å²) < 4.78 is 24.9. The minimum atomic E-state index is -1.77. The fourth-order valence-corrected chi connectivity index (χ4v) is 4.24. The molecule has 10 heteroatoms. The number of imidazole rings is 1. The first kappa shape index (κ1) is 24.2. The van der Waals surface area contributed by atoms with Crippen LogP contribution >= 0.6 is 0 Å². The number of carbonyl (C=O) groups excluding carboxylic acids is 1. The minimum absolute atomic E-state index is 0.0794. The molecule has 0 atom stereocenters. The lowest BCUT2D eigenvalue weighted by Gasteiger charge is -2.14. The van der Waals surface area contributed by atoms with Crippen molar-refractivity contribution in [1.82, 2.24) is 15.3 Å². The van der Waals surface area contributed by atoms with Crippen molar-refractivity contribution in [3.8, 4) is 11.5 Å². The van der Waals surface area contributed by atoms with Crippen LogP contribution in [0.4, 0.5) is 4.39 Å². The van der Waals surface area contributed by atoms with E-state index in [2.05, 4.69) is 15.3 Å². The number of aromatic amines is 1. The first-order valence-corrected chi connectivity index (χ1v) is 10.9. The van der Waals surface area contributed by atoms with Crippen LogP contribution in [0.15, 0.2) is 48.4 Å². The lowest BCUT2D eigenvalue weighted by molar-refractivity contribution is -0.120. The second-order valence-electron chi connectivity index (χ2n) is 8.09. The number of nitrogens with one attached hydrogen (secondary N) is 2. The summed E-state index contributed by atoms with van der Waals surface area (Å²) in [6.07, 6.45) is 5.13. The van der Waals surface area contributed by atoms with Crippen LogP contribution in [0, 0.1) is 5.82 Å². The Morgan fingerprint density at radius 3 is 2.49 bits per heavy atom. The first-order valence-electron chi connectivity index (χ1n) is 10.9. The Morgan fingerprint density at radius 1 is 1.17 bits per heavy atom. The second kappa shape index (κ2) is 10.2. The zero-order chi connectivity index (χ0) is 25.1. The van der Waals surface area contributed by atoms with E-state index < -0.39 is 12.9 Å². The zero-order valence-corrected chi connectivity index (χ0v) is 19.6. The smallest absolute Gasteiger partial charge is 0.496 e. The van der Waals surface area contributed by atoms with E-state index in [1.54, 1.807) is 30.7 Å². The van der Waals surface area contributed by atoms with Crippen molar-refractivity contribution in [1.29, 1.82) is 0 Å². The van der Waals surface area contributed by atoms with Gasteiger partial charge in [0.2, 0.25) is 5.91 Å².